The SMILES string of the molecule is COc1ccc(C)cc1NC(=O)CNC(=O)COC(=O)c1ccc(S(N)(=O)=O)o1. The van der Waals surface area contributed by atoms with Crippen LogP contribution in [0.2, 0.25) is 0 Å². The van der Waals surface area contributed by atoms with Crippen molar-refractivity contribution >= 4 is 33.5 Å². The minimum absolute atomic E-state index is 0.371. The van der Waals surface area contributed by atoms with Crippen molar-refractivity contribution in [3.63, 3.8) is 0 Å². The minimum atomic E-state index is -4.11. The van der Waals surface area contributed by atoms with Crippen molar-refractivity contribution in [2.24, 2.45) is 5.14 Å². The summed E-state index contributed by atoms with van der Waals surface area (Å²) in [5, 5.41) is 9.12. The molecule has 29 heavy (non-hydrogen) atoms. The molecule has 0 saturated heterocycles. The predicted molar refractivity (Wildman–Crippen MR) is 99.7 cm³/mol. The number of hydrogen-bond acceptors (Lipinski definition) is 8. The monoisotopic (exact) mass is 425 g/mol. The molecular formula is C17H19N3O8S. The lowest BCUT2D eigenvalue weighted by atomic mass is 10.2. The first kappa shape index (κ1) is 21.9. The molecule has 156 valence electrons. The summed E-state index contributed by atoms with van der Waals surface area (Å²) in [7, 11) is -2.65. The molecule has 0 radical (unpaired) electrons. The van der Waals surface area contributed by atoms with Gasteiger partial charge in [0, 0.05) is 0 Å². The van der Waals surface area contributed by atoms with E-state index < -0.39 is 45.3 Å². The van der Waals surface area contributed by atoms with E-state index in [0.717, 1.165) is 17.7 Å². The van der Waals surface area contributed by atoms with Gasteiger partial charge in [0.25, 0.3) is 15.9 Å². The number of carbonyl (C=O) groups is 3. The van der Waals surface area contributed by atoms with Gasteiger partial charge in [0.2, 0.25) is 16.8 Å². The van der Waals surface area contributed by atoms with Crippen molar-refractivity contribution in [1.82, 2.24) is 5.32 Å². The Hall–Kier alpha value is -3.38. The number of sulfonamides is 1. The molecular weight excluding hydrogens is 406 g/mol. The van der Waals surface area contributed by atoms with Gasteiger partial charge < -0.3 is 24.5 Å². The molecule has 0 saturated carbocycles. The third-order valence-corrected chi connectivity index (χ3v) is 4.25. The summed E-state index contributed by atoms with van der Waals surface area (Å²) in [6, 6.07) is 7.24. The molecule has 0 atom stereocenters. The van der Waals surface area contributed by atoms with Crippen LogP contribution in [-0.4, -0.2) is 46.5 Å². The Bertz CT molecular complexity index is 1030. The third kappa shape index (κ3) is 6.33. The van der Waals surface area contributed by atoms with Gasteiger partial charge in [0.15, 0.2) is 6.61 Å². The summed E-state index contributed by atoms with van der Waals surface area (Å²) in [6.45, 7) is 0.769. The van der Waals surface area contributed by atoms with E-state index in [-0.39, 0.29) is 6.54 Å². The van der Waals surface area contributed by atoms with Gasteiger partial charge in [0.1, 0.15) is 5.75 Å². The van der Waals surface area contributed by atoms with Crippen LogP contribution in [0.4, 0.5) is 5.69 Å². The number of nitrogens with one attached hydrogen (secondary N) is 2. The van der Waals surface area contributed by atoms with E-state index in [1.165, 1.54) is 7.11 Å². The molecule has 1 heterocycles. The number of carbonyl (C=O) groups excluding carboxylic acids is 3. The summed E-state index contributed by atoms with van der Waals surface area (Å²) in [6.07, 6.45) is 0. The number of aryl methyl sites for hydroxylation is 1. The van der Waals surface area contributed by atoms with Gasteiger partial charge in [-0.15, -0.1) is 0 Å². The number of hydrogen-bond donors (Lipinski definition) is 3. The molecule has 0 bridgehead atoms. The Kier molecular flexibility index (Phi) is 6.96. The second kappa shape index (κ2) is 9.21. The van der Waals surface area contributed by atoms with Crippen LogP contribution in [0, 0.1) is 6.92 Å². The lowest BCUT2D eigenvalue weighted by molar-refractivity contribution is -0.126. The van der Waals surface area contributed by atoms with Crippen LogP contribution < -0.4 is 20.5 Å². The number of ether oxygens (including phenoxy) is 2. The number of rotatable bonds is 8. The van der Waals surface area contributed by atoms with E-state index in [1.54, 1.807) is 12.1 Å². The van der Waals surface area contributed by atoms with Crippen molar-refractivity contribution in [2.45, 2.75) is 12.0 Å². The number of nitrogens with two attached hydrogens (primary N) is 1. The molecule has 2 aromatic rings. The topological polar surface area (TPSA) is 167 Å². The van der Waals surface area contributed by atoms with E-state index in [2.05, 4.69) is 15.4 Å². The predicted octanol–water partition coefficient (Wildman–Crippen LogP) is 0.156. The normalized spacial score (nSPS) is 10.9. The van der Waals surface area contributed by atoms with E-state index in [4.69, 9.17) is 14.3 Å². The fourth-order valence-electron chi connectivity index (χ4n) is 2.13. The average Bonchev–Trinajstić information content (AvgIpc) is 3.15. The van der Waals surface area contributed by atoms with Crippen LogP contribution in [0.1, 0.15) is 16.1 Å². The highest BCUT2D eigenvalue weighted by atomic mass is 32.2. The molecule has 0 aliphatic rings. The number of primary sulfonamides is 1. The first-order valence-electron chi connectivity index (χ1n) is 8.11. The number of furan rings is 1. The average molecular weight is 425 g/mol. The third-order valence-electron chi connectivity index (χ3n) is 3.47. The van der Waals surface area contributed by atoms with Crippen LogP contribution in [0.25, 0.3) is 0 Å². The molecule has 1 aromatic heterocycles. The van der Waals surface area contributed by atoms with Crippen molar-refractivity contribution < 1.29 is 36.7 Å². The number of methoxy groups -OCH3 is 1. The van der Waals surface area contributed by atoms with Crippen LogP contribution >= 0.6 is 0 Å². The van der Waals surface area contributed by atoms with Crippen molar-refractivity contribution in [3.8, 4) is 5.75 Å². The largest absolute Gasteiger partial charge is 0.495 e. The zero-order valence-corrected chi connectivity index (χ0v) is 16.4. The molecule has 12 heteroatoms. The zero-order chi connectivity index (χ0) is 21.6. The molecule has 2 amide bonds. The van der Waals surface area contributed by atoms with E-state index in [1.807, 2.05) is 13.0 Å². The van der Waals surface area contributed by atoms with Crippen LogP contribution in [0.3, 0.4) is 0 Å². The number of anilines is 1. The highest BCUT2D eigenvalue weighted by Crippen LogP contribution is 2.24. The first-order valence-corrected chi connectivity index (χ1v) is 9.65. The maximum absolute atomic E-state index is 12.0. The van der Waals surface area contributed by atoms with Crippen LogP contribution in [-0.2, 0) is 24.3 Å². The summed E-state index contributed by atoms with van der Waals surface area (Å²) >= 11 is 0. The van der Waals surface area contributed by atoms with Crippen molar-refractivity contribution in [1.29, 1.82) is 0 Å². The van der Waals surface area contributed by atoms with Gasteiger partial charge in [0.05, 0.1) is 19.3 Å². The van der Waals surface area contributed by atoms with E-state index in [0.29, 0.717) is 11.4 Å². The molecule has 0 fully saturated rings. The summed E-state index contributed by atoms with van der Waals surface area (Å²) in [5.41, 5.74) is 1.35. The Morgan fingerprint density at radius 2 is 1.86 bits per heavy atom. The number of esters is 1. The first-order chi connectivity index (χ1) is 13.6. The molecule has 4 N–H and O–H groups in total. The maximum Gasteiger partial charge on any atom is 0.374 e. The molecule has 0 spiro atoms. The molecule has 1 aromatic carbocycles. The van der Waals surface area contributed by atoms with Gasteiger partial charge >= 0.3 is 5.97 Å². The van der Waals surface area contributed by atoms with E-state index in [9.17, 15) is 22.8 Å². The standard InChI is InChI=1S/C17H19N3O8S/c1-10-3-4-12(26-2)11(7-10)20-14(21)8-19-15(22)9-27-17(23)13-5-6-16(28-13)29(18,24)25/h3-7H,8-9H2,1-2H3,(H,19,22)(H,20,21)(H2,18,24,25). The highest BCUT2D eigenvalue weighted by Gasteiger charge is 2.19. The fourth-order valence-corrected chi connectivity index (χ4v) is 2.59. The second-order valence-electron chi connectivity index (χ2n) is 5.77. The Morgan fingerprint density at radius 1 is 1.14 bits per heavy atom. The Balaban J connectivity index is 1.81. The van der Waals surface area contributed by atoms with E-state index >= 15 is 0 Å². The van der Waals surface area contributed by atoms with Crippen molar-refractivity contribution in [3.05, 3.63) is 41.7 Å². The minimum Gasteiger partial charge on any atom is -0.495 e. The molecule has 0 aliphatic heterocycles. The lowest BCUT2D eigenvalue weighted by Crippen LogP contribution is -2.35. The second-order valence-corrected chi connectivity index (χ2v) is 7.26. The Labute approximate surface area is 166 Å². The number of amides is 2. The van der Waals surface area contributed by atoms with Crippen LogP contribution in [0.15, 0.2) is 39.8 Å². The molecule has 0 unspecified atom stereocenters. The van der Waals surface area contributed by atoms with Gasteiger partial charge in [-0.2, -0.15) is 0 Å². The molecule has 2 rings (SSSR count). The van der Waals surface area contributed by atoms with Crippen molar-refractivity contribution in [2.75, 3.05) is 25.6 Å². The van der Waals surface area contributed by atoms with Crippen LogP contribution in [0.5, 0.6) is 5.75 Å². The Morgan fingerprint density at radius 3 is 2.48 bits per heavy atom. The molecule has 0 aliphatic carbocycles. The summed E-state index contributed by atoms with van der Waals surface area (Å²) in [5.74, 6) is -2.31. The summed E-state index contributed by atoms with van der Waals surface area (Å²) < 4.78 is 36.8. The fraction of sp³-hybridized carbons (Fsp3) is 0.235. The highest BCUT2D eigenvalue weighted by molar-refractivity contribution is 7.89. The lowest BCUT2D eigenvalue weighted by Gasteiger charge is -2.11. The maximum atomic E-state index is 12.0. The van der Waals surface area contributed by atoms with Gasteiger partial charge in [-0.05, 0) is 36.8 Å². The number of benzene rings is 1. The quantitative estimate of drug-likeness (QED) is 0.503. The van der Waals surface area contributed by atoms with Gasteiger partial charge in [-0.25, -0.2) is 18.4 Å². The smallest absolute Gasteiger partial charge is 0.374 e. The van der Waals surface area contributed by atoms with Gasteiger partial charge in [-0.1, -0.05) is 6.07 Å². The molecule has 11 nitrogen and oxygen atoms in total. The summed E-state index contributed by atoms with van der Waals surface area (Å²) in [4.78, 5) is 35.5. The zero-order valence-electron chi connectivity index (χ0n) is 15.6. The van der Waals surface area contributed by atoms with Gasteiger partial charge in [-0.3, -0.25) is 9.59 Å².